The van der Waals surface area contributed by atoms with Crippen LogP contribution in [0, 0.1) is 5.92 Å². The monoisotopic (exact) mass is 234 g/mol. The maximum Gasteiger partial charge on any atom is 0.171 e. The summed E-state index contributed by atoms with van der Waals surface area (Å²) in [5.41, 5.74) is 5.87. The Labute approximate surface area is 103 Å². The fraction of sp³-hybridized carbons (Fsp3) is 0.692. The minimum absolute atomic E-state index is 0.535. The summed E-state index contributed by atoms with van der Waals surface area (Å²) in [6.07, 6.45) is 9.79. The number of nitrogen functional groups attached to an aromatic ring is 1. The summed E-state index contributed by atoms with van der Waals surface area (Å²) in [6.45, 7) is 2.29. The molecule has 1 aromatic heterocycles. The Morgan fingerprint density at radius 3 is 2.47 bits per heavy atom. The van der Waals surface area contributed by atoms with Crippen LogP contribution in [0.3, 0.4) is 0 Å². The first kappa shape index (κ1) is 12.1. The Morgan fingerprint density at radius 1 is 1.24 bits per heavy atom. The van der Waals surface area contributed by atoms with E-state index >= 15 is 0 Å². The van der Waals surface area contributed by atoms with Crippen LogP contribution in [-0.4, -0.2) is 23.1 Å². The van der Waals surface area contributed by atoms with E-state index in [9.17, 15) is 0 Å². The molecule has 1 aromatic rings. The van der Waals surface area contributed by atoms with E-state index in [4.69, 9.17) is 5.73 Å². The highest BCUT2D eigenvalue weighted by Crippen LogP contribution is 2.31. The Kier molecular flexibility index (Phi) is 3.82. The zero-order valence-corrected chi connectivity index (χ0v) is 10.8. The summed E-state index contributed by atoms with van der Waals surface area (Å²) >= 11 is 0. The second-order valence-corrected chi connectivity index (χ2v) is 4.96. The normalized spacial score (nSPS) is 24.6. The van der Waals surface area contributed by atoms with Crippen LogP contribution in [0.4, 0.5) is 11.6 Å². The smallest absolute Gasteiger partial charge is 0.171 e. The Bertz CT molecular complexity index is 358. The first-order valence-corrected chi connectivity index (χ1v) is 6.51. The summed E-state index contributed by atoms with van der Waals surface area (Å²) in [5, 5.41) is 0. The molecule has 1 fully saturated rings. The third-order valence-electron chi connectivity index (χ3n) is 3.98. The van der Waals surface area contributed by atoms with Gasteiger partial charge in [-0.1, -0.05) is 13.3 Å². The molecule has 1 saturated carbocycles. The molecule has 2 rings (SSSR count). The average molecular weight is 234 g/mol. The first-order valence-electron chi connectivity index (χ1n) is 6.51. The standard InChI is InChI=1S/C13H22N4/c1-3-10-4-6-11(7-5-10)17(2)13-12(14)15-8-9-16-13/h8-11H,3-7H2,1-2H3,(H2,14,15). The highest BCUT2D eigenvalue weighted by molar-refractivity contribution is 5.57. The van der Waals surface area contributed by atoms with Crippen molar-refractivity contribution in [2.45, 2.75) is 45.1 Å². The van der Waals surface area contributed by atoms with Crippen LogP contribution >= 0.6 is 0 Å². The van der Waals surface area contributed by atoms with Crippen LogP contribution in [0.25, 0.3) is 0 Å². The molecule has 0 unspecified atom stereocenters. The van der Waals surface area contributed by atoms with Crippen molar-refractivity contribution in [3.63, 3.8) is 0 Å². The molecule has 0 aliphatic heterocycles. The van der Waals surface area contributed by atoms with Crippen molar-refractivity contribution >= 4 is 11.6 Å². The lowest BCUT2D eigenvalue weighted by Crippen LogP contribution is -2.36. The van der Waals surface area contributed by atoms with Crippen molar-refractivity contribution < 1.29 is 0 Å². The van der Waals surface area contributed by atoms with Crippen LogP contribution in [0.2, 0.25) is 0 Å². The number of hydrogen-bond donors (Lipinski definition) is 1. The van der Waals surface area contributed by atoms with Gasteiger partial charge in [0.25, 0.3) is 0 Å². The lowest BCUT2D eigenvalue weighted by Gasteiger charge is -2.35. The predicted octanol–water partition coefficient (Wildman–Crippen LogP) is 2.46. The van der Waals surface area contributed by atoms with Crippen LogP contribution in [0.1, 0.15) is 39.0 Å². The van der Waals surface area contributed by atoms with Gasteiger partial charge in [0, 0.05) is 25.5 Å². The molecule has 0 aromatic carbocycles. The van der Waals surface area contributed by atoms with Crippen molar-refractivity contribution in [2.75, 3.05) is 17.7 Å². The molecule has 17 heavy (non-hydrogen) atoms. The van der Waals surface area contributed by atoms with Gasteiger partial charge in [0.15, 0.2) is 11.6 Å². The van der Waals surface area contributed by atoms with E-state index in [1.54, 1.807) is 12.4 Å². The second kappa shape index (κ2) is 5.34. The van der Waals surface area contributed by atoms with Gasteiger partial charge in [-0.05, 0) is 31.6 Å². The summed E-state index contributed by atoms with van der Waals surface area (Å²) in [4.78, 5) is 10.6. The van der Waals surface area contributed by atoms with Gasteiger partial charge in [0.2, 0.25) is 0 Å². The van der Waals surface area contributed by atoms with Crippen LogP contribution in [-0.2, 0) is 0 Å². The molecule has 0 radical (unpaired) electrons. The van der Waals surface area contributed by atoms with E-state index in [0.29, 0.717) is 11.9 Å². The van der Waals surface area contributed by atoms with Gasteiger partial charge in [-0.15, -0.1) is 0 Å². The number of nitrogens with two attached hydrogens (primary N) is 1. The maximum atomic E-state index is 5.87. The van der Waals surface area contributed by atoms with E-state index in [-0.39, 0.29) is 0 Å². The highest BCUT2D eigenvalue weighted by atomic mass is 15.2. The van der Waals surface area contributed by atoms with Gasteiger partial charge in [-0.3, -0.25) is 0 Å². The minimum atomic E-state index is 0.535. The summed E-state index contributed by atoms with van der Waals surface area (Å²) in [6, 6.07) is 0.566. The molecule has 1 aliphatic rings. The van der Waals surface area contributed by atoms with Gasteiger partial charge in [0.1, 0.15) is 0 Å². The quantitative estimate of drug-likeness (QED) is 0.873. The lowest BCUT2D eigenvalue weighted by atomic mass is 9.84. The number of nitrogens with zero attached hydrogens (tertiary/aromatic N) is 3. The average Bonchev–Trinajstić information content (AvgIpc) is 2.39. The molecular weight excluding hydrogens is 212 g/mol. The zero-order chi connectivity index (χ0) is 12.3. The molecular formula is C13H22N4. The van der Waals surface area contributed by atoms with E-state index in [0.717, 1.165) is 11.7 Å². The van der Waals surface area contributed by atoms with E-state index in [2.05, 4.69) is 28.8 Å². The molecule has 1 aliphatic carbocycles. The molecule has 0 amide bonds. The zero-order valence-electron chi connectivity index (χ0n) is 10.8. The Morgan fingerprint density at radius 2 is 1.88 bits per heavy atom. The Balaban J connectivity index is 2.02. The highest BCUT2D eigenvalue weighted by Gasteiger charge is 2.24. The van der Waals surface area contributed by atoms with Gasteiger partial charge < -0.3 is 10.6 Å². The predicted molar refractivity (Wildman–Crippen MR) is 70.9 cm³/mol. The fourth-order valence-corrected chi connectivity index (χ4v) is 2.73. The number of hydrogen-bond acceptors (Lipinski definition) is 4. The van der Waals surface area contributed by atoms with Crippen molar-refractivity contribution in [1.82, 2.24) is 9.97 Å². The molecule has 0 saturated heterocycles. The fourth-order valence-electron chi connectivity index (χ4n) is 2.73. The third-order valence-corrected chi connectivity index (χ3v) is 3.98. The molecule has 0 bridgehead atoms. The van der Waals surface area contributed by atoms with E-state index in [1.165, 1.54) is 32.1 Å². The maximum absolute atomic E-state index is 5.87. The van der Waals surface area contributed by atoms with Gasteiger partial charge in [-0.2, -0.15) is 0 Å². The van der Waals surface area contributed by atoms with Crippen molar-refractivity contribution in [2.24, 2.45) is 5.92 Å². The molecule has 0 atom stereocenters. The number of aromatic nitrogens is 2. The van der Waals surface area contributed by atoms with Crippen molar-refractivity contribution in [3.05, 3.63) is 12.4 Å². The largest absolute Gasteiger partial charge is 0.381 e. The molecule has 1 heterocycles. The first-order chi connectivity index (χ1) is 8.22. The SMILES string of the molecule is CCC1CCC(N(C)c2nccnc2N)CC1. The summed E-state index contributed by atoms with van der Waals surface area (Å²) in [7, 11) is 2.08. The summed E-state index contributed by atoms with van der Waals surface area (Å²) in [5.74, 6) is 2.28. The number of rotatable bonds is 3. The van der Waals surface area contributed by atoms with E-state index in [1.807, 2.05) is 0 Å². The van der Waals surface area contributed by atoms with Gasteiger partial charge in [0.05, 0.1) is 0 Å². The van der Waals surface area contributed by atoms with Crippen molar-refractivity contribution in [3.8, 4) is 0 Å². The molecule has 0 spiro atoms. The van der Waals surface area contributed by atoms with Crippen LogP contribution in [0.15, 0.2) is 12.4 Å². The topological polar surface area (TPSA) is 55.0 Å². The number of anilines is 2. The van der Waals surface area contributed by atoms with Gasteiger partial charge in [-0.25, -0.2) is 9.97 Å². The molecule has 4 heteroatoms. The van der Waals surface area contributed by atoms with E-state index < -0.39 is 0 Å². The van der Waals surface area contributed by atoms with Crippen LogP contribution < -0.4 is 10.6 Å². The van der Waals surface area contributed by atoms with Gasteiger partial charge >= 0.3 is 0 Å². The Hall–Kier alpha value is -1.32. The van der Waals surface area contributed by atoms with Crippen molar-refractivity contribution in [1.29, 1.82) is 0 Å². The molecule has 94 valence electrons. The lowest BCUT2D eigenvalue weighted by molar-refractivity contribution is 0.313. The second-order valence-electron chi connectivity index (χ2n) is 4.96. The summed E-state index contributed by atoms with van der Waals surface area (Å²) < 4.78 is 0. The molecule has 4 nitrogen and oxygen atoms in total. The third kappa shape index (κ3) is 2.68. The molecule has 2 N–H and O–H groups in total. The van der Waals surface area contributed by atoms with Crippen LogP contribution in [0.5, 0.6) is 0 Å². The minimum Gasteiger partial charge on any atom is -0.381 e.